The molecule has 1 N–H and O–H groups in total. The van der Waals surface area contributed by atoms with Gasteiger partial charge in [0.05, 0.1) is 6.61 Å². The van der Waals surface area contributed by atoms with E-state index in [9.17, 15) is 0 Å². The highest BCUT2D eigenvalue weighted by Crippen LogP contribution is 2.25. The third kappa shape index (κ3) is 3.49. The van der Waals surface area contributed by atoms with Crippen LogP contribution in [0, 0.1) is 0 Å². The Kier molecular flexibility index (Phi) is 4.83. The molecule has 0 spiro atoms. The summed E-state index contributed by atoms with van der Waals surface area (Å²) >= 11 is 6.15. The SMILES string of the molecule is CCN(Cc1ccccc1)c1ccc(CO)c(Cl)c1. The molecule has 0 heterocycles. The summed E-state index contributed by atoms with van der Waals surface area (Å²) in [6, 6.07) is 16.1. The molecule has 2 rings (SSSR count). The van der Waals surface area contributed by atoms with Crippen molar-refractivity contribution in [3.05, 3.63) is 64.7 Å². The van der Waals surface area contributed by atoms with Crippen molar-refractivity contribution in [1.82, 2.24) is 0 Å². The second-order valence-electron chi connectivity index (χ2n) is 4.43. The van der Waals surface area contributed by atoms with E-state index in [-0.39, 0.29) is 6.61 Å². The number of aliphatic hydroxyl groups excluding tert-OH is 1. The normalized spacial score (nSPS) is 10.5. The largest absolute Gasteiger partial charge is 0.392 e. The minimum absolute atomic E-state index is 0.0239. The minimum Gasteiger partial charge on any atom is -0.392 e. The number of hydrogen-bond acceptors (Lipinski definition) is 2. The van der Waals surface area contributed by atoms with Crippen molar-refractivity contribution in [3.8, 4) is 0 Å². The number of hydrogen-bond donors (Lipinski definition) is 1. The van der Waals surface area contributed by atoms with Crippen LogP contribution < -0.4 is 4.90 Å². The number of rotatable bonds is 5. The molecule has 0 aliphatic carbocycles. The van der Waals surface area contributed by atoms with Crippen molar-refractivity contribution < 1.29 is 5.11 Å². The maximum Gasteiger partial charge on any atom is 0.0696 e. The molecule has 2 aromatic rings. The van der Waals surface area contributed by atoms with Crippen molar-refractivity contribution in [3.63, 3.8) is 0 Å². The zero-order valence-electron chi connectivity index (χ0n) is 11.0. The van der Waals surface area contributed by atoms with Gasteiger partial charge in [0.2, 0.25) is 0 Å². The van der Waals surface area contributed by atoms with Gasteiger partial charge in [-0.25, -0.2) is 0 Å². The summed E-state index contributed by atoms with van der Waals surface area (Å²) in [5.74, 6) is 0. The van der Waals surface area contributed by atoms with E-state index in [2.05, 4.69) is 24.0 Å². The van der Waals surface area contributed by atoms with Crippen LogP contribution in [0.4, 0.5) is 5.69 Å². The van der Waals surface area contributed by atoms with Gasteiger partial charge in [0, 0.05) is 23.8 Å². The van der Waals surface area contributed by atoms with E-state index < -0.39 is 0 Å². The maximum absolute atomic E-state index is 9.14. The average molecular weight is 276 g/mol. The van der Waals surface area contributed by atoms with Gasteiger partial charge in [0.15, 0.2) is 0 Å². The summed E-state index contributed by atoms with van der Waals surface area (Å²) in [6.07, 6.45) is 0. The minimum atomic E-state index is -0.0239. The second-order valence-corrected chi connectivity index (χ2v) is 4.84. The Morgan fingerprint density at radius 1 is 1.11 bits per heavy atom. The molecular formula is C16H18ClNO. The first-order chi connectivity index (χ1) is 9.24. The van der Waals surface area contributed by atoms with E-state index in [1.54, 1.807) is 0 Å². The zero-order chi connectivity index (χ0) is 13.7. The van der Waals surface area contributed by atoms with Gasteiger partial charge in [-0.05, 0) is 30.2 Å². The van der Waals surface area contributed by atoms with Gasteiger partial charge in [0.25, 0.3) is 0 Å². The first-order valence-electron chi connectivity index (χ1n) is 6.42. The van der Waals surface area contributed by atoms with E-state index >= 15 is 0 Å². The van der Waals surface area contributed by atoms with E-state index in [4.69, 9.17) is 16.7 Å². The van der Waals surface area contributed by atoms with Crippen molar-refractivity contribution in [1.29, 1.82) is 0 Å². The second kappa shape index (κ2) is 6.60. The fourth-order valence-electron chi connectivity index (χ4n) is 2.05. The van der Waals surface area contributed by atoms with Crippen molar-refractivity contribution in [2.24, 2.45) is 0 Å². The lowest BCUT2D eigenvalue weighted by molar-refractivity contribution is 0.282. The molecule has 2 nitrogen and oxygen atoms in total. The molecule has 0 atom stereocenters. The van der Waals surface area contributed by atoms with Gasteiger partial charge in [0.1, 0.15) is 0 Å². The predicted octanol–water partition coefficient (Wildman–Crippen LogP) is 3.86. The van der Waals surface area contributed by atoms with E-state index in [1.807, 2.05) is 36.4 Å². The van der Waals surface area contributed by atoms with E-state index in [0.717, 1.165) is 24.3 Å². The highest BCUT2D eigenvalue weighted by Gasteiger charge is 2.07. The number of benzene rings is 2. The molecule has 0 saturated heterocycles. The van der Waals surface area contributed by atoms with E-state index in [1.165, 1.54) is 5.56 Å². The predicted molar refractivity (Wildman–Crippen MR) is 80.5 cm³/mol. The van der Waals surface area contributed by atoms with Gasteiger partial charge < -0.3 is 10.0 Å². The van der Waals surface area contributed by atoms with Crippen molar-refractivity contribution >= 4 is 17.3 Å². The molecule has 19 heavy (non-hydrogen) atoms. The van der Waals surface area contributed by atoms with Crippen molar-refractivity contribution in [2.75, 3.05) is 11.4 Å². The molecule has 0 bridgehead atoms. The molecule has 2 aromatic carbocycles. The summed E-state index contributed by atoms with van der Waals surface area (Å²) in [5, 5.41) is 9.76. The molecule has 0 fully saturated rings. The van der Waals surface area contributed by atoms with Gasteiger partial charge in [-0.2, -0.15) is 0 Å². The highest BCUT2D eigenvalue weighted by atomic mass is 35.5. The van der Waals surface area contributed by atoms with Crippen LogP contribution in [0.1, 0.15) is 18.1 Å². The lowest BCUT2D eigenvalue weighted by Gasteiger charge is -2.24. The van der Waals surface area contributed by atoms with Crippen LogP contribution >= 0.6 is 11.6 Å². The number of anilines is 1. The third-order valence-corrected chi connectivity index (χ3v) is 3.52. The topological polar surface area (TPSA) is 23.5 Å². The monoisotopic (exact) mass is 275 g/mol. The van der Waals surface area contributed by atoms with Crippen LogP contribution in [0.5, 0.6) is 0 Å². The van der Waals surface area contributed by atoms with Crippen LogP contribution in [0.25, 0.3) is 0 Å². The van der Waals surface area contributed by atoms with Gasteiger partial charge in [-0.3, -0.25) is 0 Å². The summed E-state index contributed by atoms with van der Waals surface area (Å²) in [5.41, 5.74) is 3.11. The Morgan fingerprint density at radius 2 is 1.84 bits per heavy atom. The summed E-state index contributed by atoms with van der Waals surface area (Å²) in [4.78, 5) is 2.25. The lowest BCUT2D eigenvalue weighted by Crippen LogP contribution is -2.21. The first-order valence-corrected chi connectivity index (χ1v) is 6.80. The fraction of sp³-hybridized carbons (Fsp3) is 0.250. The van der Waals surface area contributed by atoms with Crippen LogP contribution in [0.3, 0.4) is 0 Å². The Bertz CT molecular complexity index is 528. The van der Waals surface area contributed by atoms with Gasteiger partial charge in [-0.15, -0.1) is 0 Å². The molecule has 100 valence electrons. The highest BCUT2D eigenvalue weighted by molar-refractivity contribution is 6.31. The van der Waals surface area contributed by atoms with Crippen LogP contribution in [0.2, 0.25) is 5.02 Å². The lowest BCUT2D eigenvalue weighted by atomic mass is 10.1. The molecule has 0 saturated carbocycles. The standard InChI is InChI=1S/C16H18ClNO/c1-2-18(11-13-6-4-3-5-7-13)15-9-8-14(12-19)16(17)10-15/h3-10,19H,2,11-12H2,1H3. The number of aliphatic hydroxyl groups is 1. The molecule has 0 amide bonds. The van der Waals surface area contributed by atoms with Crippen LogP contribution in [0.15, 0.2) is 48.5 Å². The summed E-state index contributed by atoms with van der Waals surface area (Å²) in [6.45, 7) is 3.86. The third-order valence-electron chi connectivity index (χ3n) is 3.17. The van der Waals surface area contributed by atoms with Crippen molar-refractivity contribution in [2.45, 2.75) is 20.1 Å². The Hall–Kier alpha value is -1.51. The maximum atomic E-state index is 9.14. The quantitative estimate of drug-likeness (QED) is 0.896. The molecule has 0 aliphatic rings. The van der Waals surface area contributed by atoms with Gasteiger partial charge >= 0.3 is 0 Å². The number of nitrogens with zero attached hydrogens (tertiary/aromatic N) is 1. The average Bonchev–Trinajstić information content (AvgIpc) is 2.46. The Labute approximate surface area is 119 Å². The Morgan fingerprint density at radius 3 is 2.42 bits per heavy atom. The molecule has 3 heteroatoms. The van der Waals surface area contributed by atoms with Crippen LogP contribution in [-0.4, -0.2) is 11.7 Å². The summed E-state index contributed by atoms with van der Waals surface area (Å²) < 4.78 is 0. The fourth-order valence-corrected chi connectivity index (χ4v) is 2.29. The molecule has 0 unspecified atom stereocenters. The van der Waals surface area contributed by atoms with E-state index in [0.29, 0.717) is 5.02 Å². The summed E-state index contributed by atoms with van der Waals surface area (Å²) in [7, 11) is 0. The Balaban J connectivity index is 2.20. The molecular weight excluding hydrogens is 258 g/mol. The zero-order valence-corrected chi connectivity index (χ0v) is 11.8. The molecule has 0 radical (unpaired) electrons. The number of halogens is 1. The molecule has 0 aromatic heterocycles. The van der Waals surface area contributed by atoms with Crippen LogP contribution in [-0.2, 0) is 13.2 Å². The molecule has 0 aliphatic heterocycles. The van der Waals surface area contributed by atoms with Gasteiger partial charge in [-0.1, -0.05) is 48.0 Å². The smallest absolute Gasteiger partial charge is 0.0696 e. The first kappa shape index (κ1) is 13.9.